The topological polar surface area (TPSA) is 265 Å². The minimum absolute atomic E-state index is 0.189. The third-order valence-corrected chi connectivity index (χ3v) is 9.80. The van der Waals surface area contributed by atoms with Crippen LogP contribution in [0.25, 0.3) is 0 Å². The summed E-state index contributed by atoms with van der Waals surface area (Å²) in [5.41, 5.74) is 0.726. The van der Waals surface area contributed by atoms with Gasteiger partial charge in [0, 0.05) is 11.1 Å². The lowest BCUT2D eigenvalue weighted by Crippen LogP contribution is -2.16. The van der Waals surface area contributed by atoms with Crippen molar-refractivity contribution in [1.82, 2.24) is 0 Å². The lowest BCUT2D eigenvalue weighted by Gasteiger charge is -2.09. The van der Waals surface area contributed by atoms with Crippen molar-refractivity contribution in [3.8, 4) is 0 Å². The molecule has 0 unspecified atom stereocenters. The zero-order valence-electron chi connectivity index (χ0n) is 50.4. The first-order valence-electron chi connectivity index (χ1n) is 28.9. The van der Waals surface area contributed by atoms with E-state index in [2.05, 4.69) is 13.2 Å². The summed E-state index contributed by atoms with van der Waals surface area (Å²) in [6.45, 7) is 31.9. The SMILES string of the molecule is C=C(C)C(=O)OCCOCCOCCOCCOCCOCCOCCOCCOCCOCCOCCOCCOCCOCCOCCOCCOCCOCCOCCOCCOCCOCCOCCOCCOC(=O)C(=C)C. The highest BCUT2D eigenvalue weighted by Gasteiger charge is 2.04. The Labute approximate surface area is 494 Å². The molecule has 492 valence electrons. The molecule has 0 radical (unpaired) electrons. The van der Waals surface area contributed by atoms with Crippen molar-refractivity contribution in [1.29, 1.82) is 0 Å². The molecular formula is C56H106O27. The molecular weight excluding hydrogens is 1100 g/mol. The molecule has 27 heteroatoms. The molecule has 0 aliphatic carbocycles. The molecule has 0 rings (SSSR count). The summed E-state index contributed by atoms with van der Waals surface area (Å²) < 4.78 is 136. The van der Waals surface area contributed by atoms with E-state index >= 15 is 0 Å². The molecule has 0 aliphatic rings. The summed E-state index contributed by atoms with van der Waals surface area (Å²) >= 11 is 0. The van der Waals surface area contributed by atoms with Gasteiger partial charge in [-0.05, 0) is 13.8 Å². The quantitative estimate of drug-likeness (QED) is 0.0476. The van der Waals surface area contributed by atoms with Gasteiger partial charge in [-0.2, -0.15) is 0 Å². The molecule has 0 saturated carbocycles. The third kappa shape index (κ3) is 71.9. The Morgan fingerprint density at radius 3 is 0.313 bits per heavy atom. The van der Waals surface area contributed by atoms with E-state index in [1.54, 1.807) is 13.8 Å². The minimum atomic E-state index is -0.420. The first kappa shape index (κ1) is 80.5. The first-order chi connectivity index (χ1) is 40.9. The van der Waals surface area contributed by atoms with Gasteiger partial charge in [-0.3, -0.25) is 0 Å². The van der Waals surface area contributed by atoms with Crippen LogP contribution in [-0.4, -0.2) is 329 Å². The maximum atomic E-state index is 11.2. The average molecular weight is 1210 g/mol. The molecule has 0 aromatic rings. The van der Waals surface area contributed by atoms with Crippen LogP contribution in [0.5, 0.6) is 0 Å². The summed E-state index contributed by atoms with van der Waals surface area (Å²) in [6.07, 6.45) is 0. The monoisotopic (exact) mass is 1210 g/mol. The second-order valence-electron chi connectivity index (χ2n) is 16.9. The number of hydrogen-bond acceptors (Lipinski definition) is 27. The predicted octanol–water partition coefficient (Wildman–Crippen LogP) is 1.61. The number of rotatable bonds is 74. The molecule has 0 saturated heterocycles. The average Bonchev–Trinajstić information content (AvgIpc) is 3.48. The van der Waals surface area contributed by atoms with Crippen LogP contribution in [0.4, 0.5) is 0 Å². The highest BCUT2D eigenvalue weighted by atomic mass is 16.6. The van der Waals surface area contributed by atoms with Crippen molar-refractivity contribution in [2.24, 2.45) is 0 Å². The molecule has 0 aromatic heterocycles. The second kappa shape index (κ2) is 72.0. The fraction of sp³-hybridized carbons (Fsp3) is 0.893. The van der Waals surface area contributed by atoms with Gasteiger partial charge in [-0.1, -0.05) is 13.2 Å². The van der Waals surface area contributed by atoms with E-state index in [0.29, 0.717) is 315 Å². The Kier molecular flexibility index (Phi) is 69.8. The van der Waals surface area contributed by atoms with Crippen LogP contribution in [-0.2, 0) is 128 Å². The van der Waals surface area contributed by atoms with E-state index in [0.717, 1.165) is 0 Å². The lowest BCUT2D eigenvalue weighted by atomic mass is 10.4. The van der Waals surface area contributed by atoms with Crippen LogP contribution in [0, 0.1) is 0 Å². The first-order valence-corrected chi connectivity index (χ1v) is 28.9. The Morgan fingerprint density at radius 1 is 0.169 bits per heavy atom. The fourth-order valence-corrected chi connectivity index (χ4v) is 5.57. The van der Waals surface area contributed by atoms with Crippen molar-refractivity contribution in [2.45, 2.75) is 13.8 Å². The Balaban J connectivity index is 3.10. The molecule has 27 nitrogen and oxygen atoms in total. The normalized spacial score (nSPS) is 11.5. The van der Waals surface area contributed by atoms with Gasteiger partial charge >= 0.3 is 11.9 Å². The predicted molar refractivity (Wildman–Crippen MR) is 300 cm³/mol. The standard InChI is InChI=1S/C56H106O27/c1-53(2)55(57)82-51-49-80-47-45-78-43-41-76-39-37-74-35-33-72-31-29-70-27-25-68-23-21-66-19-17-64-15-13-62-11-9-60-7-5-59-6-8-61-10-12-63-14-16-65-18-20-67-22-24-69-26-28-71-30-32-73-34-36-75-38-40-77-42-44-79-46-48-81-50-52-83-56(58)54(3)4/h1,3,5-52H2,2,4H3. The molecule has 0 N–H and O–H groups in total. The molecule has 0 amide bonds. The Bertz CT molecular complexity index is 1240. The van der Waals surface area contributed by atoms with Gasteiger partial charge in [0.1, 0.15) is 13.2 Å². The molecule has 83 heavy (non-hydrogen) atoms. The summed E-state index contributed by atoms with van der Waals surface area (Å²) in [7, 11) is 0. The molecule has 0 aromatic carbocycles. The summed E-state index contributed by atoms with van der Waals surface area (Å²) in [4.78, 5) is 22.5. The van der Waals surface area contributed by atoms with E-state index < -0.39 is 11.9 Å². The molecule has 0 spiro atoms. The highest BCUT2D eigenvalue weighted by molar-refractivity contribution is 5.87. The number of hydrogen-bond donors (Lipinski definition) is 0. The van der Waals surface area contributed by atoms with Crippen molar-refractivity contribution >= 4 is 11.9 Å². The smallest absolute Gasteiger partial charge is 0.333 e. The van der Waals surface area contributed by atoms with Gasteiger partial charge < -0.3 is 118 Å². The van der Waals surface area contributed by atoms with Crippen LogP contribution in [0.15, 0.2) is 24.3 Å². The molecule has 0 aliphatic heterocycles. The zero-order chi connectivity index (χ0) is 59.9. The van der Waals surface area contributed by atoms with Crippen molar-refractivity contribution < 1.29 is 128 Å². The number of ether oxygens (including phenoxy) is 25. The van der Waals surface area contributed by atoms with Crippen LogP contribution in [0.2, 0.25) is 0 Å². The van der Waals surface area contributed by atoms with Crippen LogP contribution < -0.4 is 0 Å². The largest absolute Gasteiger partial charge is 0.460 e. The van der Waals surface area contributed by atoms with E-state index in [1.165, 1.54) is 0 Å². The number of esters is 2. The van der Waals surface area contributed by atoms with E-state index in [-0.39, 0.29) is 13.2 Å². The van der Waals surface area contributed by atoms with Crippen molar-refractivity contribution in [3.05, 3.63) is 24.3 Å². The molecule has 0 bridgehead atoms. The van der Waals surface area contributed by atoms with Gasteiger partial charge in [0.2, 0.25) is 0 Å². The van der Waals surface area contributed by atoms with E-state index in [1.807, 2.05) is 0 Å². The van der Waals surface area contributed by atoms with E-state index in [9.17, 15) is 9.59 Å². The molecule has 0 atom stereocenters. The van der Waals surface area contributed by atoms with Crippen molar-refractivity contribution in [2.75, 3.05) is 317 Å². The minimum Gasteiger partial charge on any atom is -0.460 e. The second-order valence-corrected chi connectivity index (χ2v) is 16.9. The van der Waals surface area contributed by atoms with Gasteiger partial charge in [-0.15, -0.1) is 0 Å². The van der Waals surface area contributed by atoms with Crippen molar-refractivity contribution in [3.63, 3.8) is 0 Å². The van der Waals surface area contributed by atoms with Gasteiger partial charge in [0.15, 0.2) is 0 Å². The van der Waals surface area contributed by atoms with Gasteiger partial charge in [0.25, 0.3) is 0 Å². The third-order valence-electron chi connectivity index (χ3n) is 9.80. The highest BCUT2D eigenvalue weighted by Crippen LogP contribution is 1.95. The molecule has 0 heterocycles. The summed E-state index contributed by atoms with van der Waals surface area (Å²) in [5, 5.41) is 0. The number of carbonyl (C=O) groups is 2. The maximum absolute atomic E-state index is 11.2. The molecule has 0 fully saturated rings. The van der Waals surface area contributed by atoms with Gasteiger partial charge in [0.05, 0.1) is 304 Å². The zero-order valence-corrected chi connectivity index (χ0v) is 50.4. The summed E-state index contributed by atoms with van der Waals surface area (Å²) in [5.74, 6) is -0.840. The Hall–Kier alpha value is -2.50. The fourth-order valence-electron chi connectivity index (χ4n) is 5.57. The van der Waals surface area contributed by atoms with Gasteiger partial charge in [-0.25, -0.2) is 9.59 Å². The summed E-state index contributed by atoms with van der Waals surface area (Å²) in [6, 6.07) is 0. The lowest BCUT2D eigenvalue weighted by molar-refractivity contribution is -0.141. The van der Waals surface area contributed by atoms with Crippen LogP contribution in [0.3, 0.4) is 0 Å². The Morgan fingerprint density at radius 2 is 0.241 bits per heavy atom. The van der Waals surface area contributed by atoms with Crippen LogP contribution >= 0.6 is 0 Å². The van der Waals surface area contributed by atoms with E-state index in [4.69, 9.17) is 118 Å². The number of carbonyl (C=O) groups excluding carboxylic acids is 2. The van der Waals surface area contributed by atoms with Crippen LogP contribution in [0.1, 0.15) is 13.8 Å². The maximum Gasteiger partial charge on any atom is 0.333 e.